The smallest absolute Gasteiger partial charge is 0.255 e. The van der Waals surface area contributed by atoms with Crippen molar-refractivity contribution in [1.82, 2.24) is 4.90 Å². The molecule has 1 fully saturated rings. The molecule has 2 aromatic carbocycles. The highest BCUT2D eigenvalue weighted by Gasteiger charge is 2.25. The predicted octanol–water partition coefficient (Wildman–Crippen LogP) is 4.38. The molecule has 3 rings (SSSR count). The molecular formula is C24H31N3O3. The van der Waals surface area contributed by atoms with Crippen LogP contribution < -0.4 is 15.4 Å². The van der Waals surface area contributed by atoms with Crippen LogP contribution in [0.25, 0.3) is 0 Å². The number of methoxy groups -OCH3 is 1. The lowest BCUT2D eigenvalue weighted by Crippen LogP contribution is -2.41. The summed E-state index contributed by atoms with van der Waals surface area (Å²) < 4.78 is 5.34. The van der Waals surface area contributed by atoms with Gasteiger partial charge in [0, 0.05) is 11.3 Å². The Kier molecular flexibility index (Phi) is 7.11. The number of ether oxygens (including phenoxy) is 1. The summed E-state index contributed by atoms with van der Waals surface area (Å²) in [5, 5.41) is 5.96. The van der Waals surface area contributed by atoms with Gasteiger partial charge in [-0.25, -0.2) is 0 Å². The van der Waals surface area contributed by atoms with Gasteiger partial charge in [0.2, 0.25) is 5.91 Å². The van der Waals surface area contributed by atoms with E-state index in [1.807, 2.05) is 45.2 Å². The maximum Gasteiger partial charge on any atom is 0.255 e. The van der Waals surface area contributed by atoms with Gasteiger partial charge in [-0.05, 0) is 75.7 Å². The Balaban J connectivity index is 1.77. The minimum atomic E-state index is -0.249. The second kappa shape index (κ2) is 9.76. The van der Waals surface area contributed by atoms with Gasteiger partial charge in [0.05, 0.1) is 18.8 Å². The zero-order chi connectivity index (χ0) is 21.7. The summed E-state index contributed by atoms with van der Waals surface area (Å²) in [5.41, 5.74) is 3.71. The molecule has 2 aromatic rings. The number of nitrogens with zero attached hydrogens (tertiary/aromatic N) is 1. The van der Waals surface area contributed by atoms with Gasteiger partial charge in [-0.15, -0.1) is 0 Å². The third-order valence-electron chi connectivity index (χ3n) is 5.68. The topological polar surface area (TPSA) is 70.7 Å². The number of nitrogens with one attached hydrogen (secondary N) is 2. The van der Waals surface area contributed by atoms with Crippen molar-refractivity contribution in [3.63, 3.8) is 0 Å². The van der Waals surface area contributed by atoms with E-state index in [9.17, 15) is 9.59 Å². The SMILES string of the molecule is COc1ccc(C)cc1NC(=O)c1ccc(C)c(NC(=O)C2CCCCCN2C)c1. The summed E-state index contributed by atoms with van der Waals surface area (Å²) in [6.07, 6.45) is 4.19. The highest BCUT2D eigenvalue weighted by molar-refractivity contribution is 6.06. The van der Waals surface area contributed by atoms with Crippen LogP contribution in [0.1, 0.15) is 47.2 Å². The van der Waals surface area contributed by atoms with Crippen molar-refractivity contribution in [1.29, 1.82) is 0 Å². The molecule has 1 atom stereocenters. The largest absolute Gasteiger partial charge is 0.495 e. The lowest BCUT2D eigenvalue weighted by molar-refractivity contribution is -0.120. The molecule has 1 aliphatic heterocycles. The minimum absolute atomic E-state index is 0.0135. The third-order valence-corrected chi connectivity index (χ3v) is 5.68. The summed E-state index contributed by atoms with van der Waals surface area (Å²) in [5.74, 6) is 0.340. The maximum absolute atomic E-state index is 12.9. The van der Waals surface area contributed by atoms with E-state index in [-0.39, 0.29) is 17.9 Å². The van der Waals surface area contributed by atoms with Crippen molar-refractivity contribution in [3.8, 4) is 5.75 Å². The molecule has 0 aliphatic carbocycles. The van der Waals surface area contributed by atoms with E-state index in [2.05, 4.69) is 15.5 Å². The minimum Gasteiger partial charge on any atom is -0.495 e. The Hall–Kier alpha value is -2.86. The Labute approximate surface area is 178 Å². The molecule has 0 aromatic heterocycles. The quantitative estimate of drug-likeness (QED) is 0.769. The fourth-order valence-corrected chi connectivity index (χ4v) is 3.81. The molecule has 0 spiro atoms. The first kappa shape index (κ1) is 21.8. The van der Waals surface area contributed by atoms with Gasteiger partial charge >= 0.3 is 0 Å². The summed E-state index contributed by atoms with van der Waals surface area (Å²) >= 11 is 0. The van der Waals surface area contributed by atoms with E-state index in [1.54, 1.807) is 19.2 Å². The van der Waals surface area contributed by atoms with Crippen molar-refractivity contribution in [2.24, 2.45) is 0 Å². The van der Waals surface area contributed by atoms with Gasteiger partial charge in [0.25, 0.3) is 5.91 Å². The van der Waals surface area contributed by atoms with Crippen LogP contribution in [0, 0.1) is 13.8 Å². The molecule has 6 nitrogen and oxygen atoms in total. The molecule has 0 radical (unpaired) electrons. The number of likely N-dealkylation sites (N-methyl/N-ethyl adjacent to an activating group) is 1. The zero-order valence-electron chi connectivity index (χ0n) is 18.2. The highest BCUT2D eigenvalue weighted by Crippen LogP contribution is 2.27. The van der Waals surface area contributed by atoms with Gasteiger partial charge < -0.3 is 15.4 Å². The second-order valence-corrected chi connectivity index (χ2v) is 8.02. The molecule has 30 heavy (non-hydrogen) atoms. The van der Waals surface area contributed by atoms with Crippen LogP contribution in [0.15, 0.2) is 36.4 Å². The molecule has 2 amide bonds. The second-order valence-electron chi connectivity index (χ2n) is 8.02. The maximum atomic E-state index is 12.9. The number of carbonyl (C=O) groups is 2. The number of likely N-dealkylation sites (tertiary alicyclic amines) is 1. The number of rotatable bonds is 5. The van der Waals surface area contributed by atoms with E-state index >= 15 is 0 Å². The van der Waals surface area contributed by atoms with Crippen molar-refractivity contribution >= 4 is 23.2 Å². The highest BCUT2D eigenvalue weighted by atomic mass is 16.5. The fourth-order valence-electron chi connectivity index (χ4n) is 3.81. The number of amides is 2. The monoisotopic (exact) mass is 409 g/mol. The molecular weight excluding hydrogens is 378 g/mol. The van der Waals surface area contributed by atoms with Crippen LogP contribution in [0.3, 0.4) is 0 Å². The summed E-state index contributed by atoms with van der Waals surface area (Å²) in [7, 11) is 3.58. The van der Waals surface area contributed by atoms with Gasteiger partial charge in [-0.1, -0.05) is 25.0 Å². The number of aryl methyl sites for hydroxylation is 2. The molecule has 6 heteroatoms. The molecule has 0 saturated carbocycles. The number of hydrogen-bond acceptors (Lipinski definition) is 4. The molecule has 1 heterocycles. The van der Waals surface area contributed by atoms with Gasteiger partial charge in [0.15, 0.2) is 0 Å². The molecule has 0 bridgehead atoms. The number of carbonyl (C=O) groups excluding carboxylic acids is 2. The van der Waals surface area contributed by atoms with Crippen LogP contribution in [0.2, 0.25) is 0 Å². The van der Waals surface area contributed by atoms with Crippen molar-refractivity contribution in [3.05, 3.63) is 53.1 Å². The number of benzene rings is 2. The van der Waals surface area contributed by atoms with E-state index < -0.39 is 0 Å². The van der Waals surface area contributed by atoms with Gasteiger partial charge in [-0.2, -0.15) is 0 Å². The molecule has 1 unspecified atom stereocenters. The normalized spacial score (nSPS) is 17.1. The Morgan fingerprint density at radius 1 is 1.00 bits per heavy atom. The van der Waals surface area contributed by atoms with Crippen LogP contribution in [0.5, 0.6) is 5.75 Å². The summed E-state index contributed by atoms with van der Waals surface area (Å²) in [6.45, 7) is 4.81. The molecule has 1 saturated heterocycles. The zero-order valence-corrected chi connectivity index (χ0v) is 18.2. The summed E-state index contributed by atoms with van der Waals surface area (Å²) in [6, 6.07) is 10.8. The number of hydrogen-bond donors (Lipinski definition) is 2. The average Bonchev–Trinajstić information content (AvgIpc) is 2.94. The van der Waals surface area contributed by atoms with E-state index in [0.29, 0.717) is 22.7 Å². The van der Waals surface area contributed by atoms with Crippen molar-refractivity contribution < 1.29 is 14.3 Å². The summed E-state index contributed by atoms with van der Waals surface area (Å²) in [4.78, 5) is 27.9. The van der Waals surface area contributed by atoms with Crippen LogP contribution in [-0.2, 0) is 4.79 Å². The molecule has 1 aliphatic rings. The third kappa shape index (κ3) is 5.19. The van der Waals surface area contributed by atoms with E-state index in [1.165, 1.54) is 0 Å². The fraction of sp³-hybridized carbons (Fsp3) is 0.417. The predicted molar refractivity (Wildman–Crippen MR) is 120 cm³/mol. The Morgan fingerprint density at radius 3 is 2.57 bits per heavy atom. The van der Waals surface area contributed by atoms with Crippen LogP contribution >= 0.6 is 0 Å². The molecule has 160 valence electrons. The Bertz CT molecular complexity index is 926. The van der Waals surface area contributed by atoms with Crippen molar-refractivity contribution in [2.75, 3.05) is 31.3 Å². The standard InChI is InChI=1S/C24H31N3O3/c1-16-9-12-22(30-4)20(14-16)26-23(28)18-11-10-17(2)19(15-18)25-24(29)21-8-6-5-7-13-27(21)3/h9-12,14-15,21H,5-8,13H2,1-4H3,(H,25,29)(H,26,28). The first-order chi connectivity index (χ1) is 14.4. The van der Waals surface area contributed by atoms with E-state index in [4.69, 9.17) is 4.74 Å². The van der Waals surface area contributed by atoms with Crippen molar-refractivity contribution in [2.45, 2.75) is 45.6 Å². The lowest BCUT2D eigenvalue weighted by Gasteiger charge is -2.25. The van der Waals surface area contributed by atoms with E-state index in [0.717, 1.165) is 43.4 Å². The number of anilines is 2. The molecule has 2 N–H and O–H groups in total. The Morgan fingerprint density at radius 2 is 1.80 bits per heavy atom. The lowest BCUT2D eigenvalue weighted by atomic mass is 10.1. The van der Waals surface area contributed by atoms with Gasteiger partial charge in [0.1, 0.15) is 5.75 Å². The average molecular weight is 410 g/mol. The van der Waals surface area contributed by atoms with Crippen LogP contribution in [0.4, 0.5) is 11.4 Å². The van der Waals surface area contributed by atoms with Crippen LogP contribution in [-0.4, -0.2) is 43.5 Å². The van der Waals surface area contributed by atoms with Gasteiger partial charge in [-0.3, -0.25) is 14.5 Å². The first-order valence-electron chi connectivity index (χ1n) is 10.5. The first-order valence-corrected chi connectivity index (χ1v) is 10.5.